The first-order valence-electron chi connectivity index (χ1n) is 6.96. The number of benzene rings is 1. The first-order valence-corrected chi connectivity index (χ1v) is 6.96. The van der Waals surface area contributed by atoms with Crippen LogP contribution in [-0.4, -0.2) is 29.1 Å². The molecule has 0 spiro atoms. The average molecular weight is 274 g/mol. The van der Waals surface area contributed by atoms with Crippen molar-refractivity contribution in [1.29, 1.82) is 0 Å². The van der Waals surface area contributed by atoms with Gasteiger partial charge in [-0.25, -0.2) is 4.79 Å². The van der Waals surface area contributed by atoms with Crippen LogP contribution in [0.4, 0.5) is 5.69 Å². The van der Waals surface area contributed by atoms with Crippen molar-refractivity contribution < 1.29 is 14.7 Å². The van der Waals surface area contributed by atoms with E-state index in [0.29, 0.717) is 18.0 Å². The van der Waals surface area contributed by atoms with Gasteiger partial charge in [-0.15, -0.1) is 0 Å². The van der Waals surface area contributed by atoms with Crippen LogP contribution in [0.15, 0.2) is 24.3 Å². The Morgan fingerprint density at radius 2 is 2.05 bits per heavy atom. The molecule has 5 heteroatoms. The van der Waals surface area contributed by atoms with Crippen LogP contribution in [0.3, 0.4) is 0 Å². The van der Waals surface area contributed by atoms with Crippen LogP contribution >= 0.6 is 0 Å². The van der Waals surface area contributed by atoms with Crippen LogP contribution < -0.4 is 10.6 Å². The number of para-hydroxylation sites is 1. The van der Waals surface area contributed by atoms with Gasteiger partial charge in [0.25, 0.3) is 0 Å². The molecule has 1 saturated carbocycles. The van der Waals surface area contributed by atoms with Crippen molar-refractivity contribution in [2.24, 2.45) is 11.7 Å². The molecule has 2 aliphatic rings. The molecule has 1 aromatic carbocycles. The van der Waals surface area contributed by atoms with E-state index in [0.717, 1.165) is 18.4 Å². The number of nitrogens with two attached hydrogens (primary N) is 1. The lowest BCUT2D eigenvalue weighted by Gasteiger charge is -2.24. The quantitative estimate of drug-likeness (QED) is 0.863. The van der Waals surface area contributed by atoms with Gasteiger partial charge in [0.15, 0.2) is 0 Å². The number of aliphatic carboxylic acids is 1. The highest BCUT2D eigenvalue weighted by molar-refractivity contribution is 6.02. The molecule has 0 aromatic heterocycles. The summed E-state index contributed by atoms with van der Waals surface area (Å²) in [5.41, 5.74) is 7.62. The lowest BCUT2D eigenvalue weighted by molar-refractivity contribution is -0.139. The molecule has 1 heterocycles. The minimum absolute atomic E-state index is 0.148. The molecule has 3 N–H and O–H groups in total. The van der Waals surface area contributed by atoms with Gasteiger partial charge in [-0.3, -0.25) is 9.69 Å². The maximum absolute atomic E-state index is 12.4. The van der Waals surface area contributed by atoms with Crippen LogP contribution in [-0.2, 0) is 16.0 Å². The van der Waals surface area contributed by atoms with Crippen molar-refractivity contribution in [1.82, 2.24) is 0 Å². The monoisotopic (exact) mass is 274 g/mol. The number of carboxylic acid groups (broad SMARTS) is 1. The molecular formula is C15H18N2O3. The molecule has 0 bridgehead atoms. The summed E-state index contributed by atoms with van der Waals surface area (Å²) in [5.74, 6) is -0.712. The Morgan fingerprint density at radius 1 is 1.35 bits per heavy atom. The molecule has 1 unspecified atom stereocenters. The summed E-state index contributed by atoms with van der Waals surface area (Å²) < 4.78 is 0. The number of hydrogen-bond donors (Lipinski definition) is 2. The fourth-order valence-corrected chi connectivity index (χ4v) is 2.88. The number of anilines is 1. The average Bonchev–Trinajstić information content (AvgIpc) is 3.18. The number of nitrogens with zero attached hydrogens (tertiary/aromatic N) is 1. The van der Waals surface area contributed by atoms with E-state index in [1.165, 1.54) is 4.90 Å². The molecule has 1 amide bonds. The SMILES string of the molecule is NC(CC(=O)N1c2ccccc2C[C@H]1C(=O)O)C1CC1. The van der Waals surface area contributed by atoms with Gasteiger partial charge in [-0.2, -0.15) is 0 Å². The molecule has 1 aliphatic carbocycles. The van der Waals surface area contributed by atoms with Gasteiger partial charge in [-0.05, 0) is 30.4 Å². The standard InChI is InChI=1S/C15H18N2O3/c16-11(9-5-6-9)8-14(18)17-12-4-2-1-3-10(12)7-13(17)15(19)20/h1-4,9,11,13H,5-8,16H2,(H,19,20)/t11?,13-/m0/s1. The maximum Gasteiger partial charge on any atom is 0.327 e. The third kappa shape index (κ3) is 2.29. The van der Waals surface area contributed by atoms with E-state index in [1.807, 2.05) is 18.2 Å². The number of carbonyl (C=O) groups excluding carboxylic acids is 1. The number of carboxylic acids is 1. The molecule has 20 heavy (non-hydrogen) atoms. The lowest BCUT2D eigenvalue weighted by atomic mass is 10.1. The topological polar surface area (TPSA) is 83.6 Å². The van der Waals surface area contributed by atoms with E-state index >= 15 is 0 Å². The summed E-state index contributed by atoms with van der Waals surface area (Å²) in [5, 5.41) is 9.34. The maximum atomic E-state index is 12.4. The second-order valence-electron chi connectivity index (χ2n) is 5.66. The zero-order valence-electron chi connectivity index (χ0n) is 11.2. The normalized spacial score (nSPS) is 22.4. The molecule has 2 atom stereocenters. The van der Waals surface area contributed by atoms with Gasteiger partial charge < -0.3 is 10.8 Å². The number of rotatable bonds is 4. The van der Waals surface area contributed by atoms with E-state index in [9.17, 15) is 14.7 Å². The summed E-state index contributed by atoms with van der Waals surface area (Å²) in [7, 11) is 0. The van der Waals surface area contributed by atoms with E-state index in [1.54, 1.807) is 6.07 Å². The van der Waals surface area contributed by atoms with Gasteiger partial charge in [0.05, 0.1) is 0 Å². The highest BCUT2D eigenvalue weighted by atomic mass is 16.4. The Balaban J connectivity index is 1.83. The summed E-state index contributed by atoms with van der Waals surface area (Å²) in [4.78, 5) is 25.3. The Labute approximate surface area is 117 Å². The smallest absolute Gasteiger partial charge is 0.327 e. The Morgan fingerprint density at radius 3 is 2.70 bits per heavy atom. The molecule has 1 fully saturated rings. The number of fused-ring (bicyclic) bond motifs is 1. The number of carbonyl (C=O) groups is 2. The van der Waals surface area contributed by atoms with E-state index in [2.05, 4.69) is 0 Å². The van der Waals surface area contributed by atoms with Crippen molar-refractivity contribution in [3.63, 3.8) is 0 Å². The number of hydrogen-bond acceptors (Lipinski definition) is 3. The Kier molecular flexibility index (Phi) is 3.22. The second kappa shape index (κ2) is 4.90. The van der Waals surface area contributed by atoms with E-state index < -0.39 is 12.0 Å². The molecule has 3 rings (SSSR count). The fraction of sp³-hybridized carbons (Fsp3) is 0.467. The predicted octanol–water partition coefficient (Wildman–Crippen LogP) is 1.16. The van der Waals surface area contributed by atoms with Crippen LogP contribution in [0, 0.1) is 5.92 Å². The Hall–Kier alpha value is -1.88. The third-order valence-corrected chi connectivity index (χ3v) is 4.17. The Bertz CT molecular complexity index is 554. The van der Waals surface area contributed by atoms with Gasteiger partial charge in [0, 0.05) is 24.6 Å². The summed E-state index contributed by atoms with van der Waals surface area (Å²) in [6, 6.07) is 6.42. The first kappa shape index (κ1) is 13.1. The zero-order valence-corrected chi connectivity index (χ0v) is 11.2. The molecule has 106 valence electrons. The van der Waals surface area contributed by atoms with E-state index in [4.69, 9.17) is 5.73 Å². The van der Waals surface area contributed by atoms with Gasteiger partial charge in [0.2, 0.25) is 5.91 Å². The van der Waals surface area contributed by atoms with E-state index in [-0.39, 0.29) is 18.4 Å². The molecule has 0 radical (unpaired) electrons. The molecule has 1 aliphatic heterocycles. The van der Waals surface area contributed by atoms with Crippen LogP contribution in [0.5, 0.6) is 0 Å². The van der Waals surface area contributed by atoms with Crippen LogP contribution in [0.2, 0.25) is 0 Å². The summed E-state index contributed by atoms with van der Waals surface area (Å²) in [6.45, 7) is 0. The van der Waals surface area contributed by atoms with Gasteiger partial charge in [-0.1, -0.05) is 18.2 Å². The second-order valence-corrected chi connectivity index (χ2v) is 5.66. The molecule has 5 nitrogen and oxygen atoms in total. The largest absolute Gasteiger partial charge is 0.480 e. The zero-order chi connectivity index (χ0) is 14.3. The molecule has 1 aromatic rings. The summed E-state index contributed by atoms with van der Waals surface area (Å²) >= 11 is 0. The third-order valence-electron chi connectivity index (χ3n) is 4.17. The molecular weight excluding hydrogens is 256 g/mol. The highest BCUT2D eigenvalue weighted by Gasteiger charge is 2.39. The van der Waals surface area contributed by atoms with Crippen molar-refractivity contribution in [3.8, 4) is 0 Å². The van der Waals surface area contributed by atoms with Gasteiger partial charge >= 0.3 is 5.97 Å². The first-order chi connectivity index (χ1) is 9.58. The van der Waals surface area contributed by atoms with Crippen LogP contribution in [0.25, 0.3) is 0 Å². The minimum atomic E-state index is -0.963. The molecule has 0 saturated heterocycles. The van der Waals surface area contributed by atoms with Crippen LogP contribution in [0.1, 0.15) is 24.8 Å². The predicted molar refractivity (Wildman–Crippen MR) is 74.4 cm³/mol. The van der Waals surface area contributed by atoms with Crippen molar-refractivity contribution in [2.45, 2.75) is 37.8 Å². The van der Waals surface area contributed by atoms with Crippen molar-refractivity contribution >= 4 is 17.6 Å². The fourth-order valence-electron chi connectivity index (χ4n) is 2.88. The number of amides is 1. The minimum Gasteiger partial charge on any atom is -0.480 e. The lowest BCUT2D eigenvalue weighted by Crippen LogP contribution is -2.45. The summed E-state index contributed by atoms with van der Waals surface area (Å²) in [6.07, 6.45) is 2.75. The van der Waals surface area contributed by atoms with Crippen molar-refractivity contribution in [2.75, 3.05) is 4.90 Å². The van der Waals surface area contributed by atoms with Gasteiger partial charge in [0.1, 0.15) is 6.04 Å². The highest BCUT2D eigenvalue weighted by Crippen LogP contribution is 2.36. The van der Waals surface area contributed by atoms with Crippen molar-refractivity contribution in [3.05, 3.63) is 29.8 Å².